The molecule has 0 amide bonds. The van der Waals surface area contributed by atoms with Gasteiger partial charge in [0, 0.05) is 10.6 Å². The first-order chi connectivity index (χ1) is 4.74. The first-order valence-corrected chi connectivity index (χ1v) is 3.57. The molecule has 0 aromatic heterocycles. The van der Waals surface area contributed by atoms with Gasteiger partial charge in [0.25, 0.3) is 0 Å². The van der Waals surface area contributed by atoms with Crippen LogP contribution in [0.2, 0.25) is 0 Å². The Morgan fingerprint density at radius 1 is 1.40 bits per heavy atom. The molecule has 5 N–H and O–H groups in total. The molecular weight excluding hydrogens is 148 g/mol. The number of nitrogens with two attached hydrogens (primary N) is 2. The third-order valence-corrected chi connectivity index (χ3v) is 1.73. The van der Waals surface area contributed by atoms with Crippen molar-refractivity contribution >= 4 is 17.6 Å². The predicted molar refractivity (Wildman–Crippen MR) is 42.6 cm³/mol. The number of benzene rings is 1. The molecule has 54 valence electrons. The summed E-state index contributed by atoms with van der Waals surface area (Å²) >= 11 is 1.02. The summed E-state index contributed by atoms with van der Waals surface area (Å²) in [6, 6.07) is 4.67. The van der Waals surface area contributed by atoms with E-state index in [1.54, 1.807) is 6.07 Å². The van der Waals surface area contributed by atoms with Crippen LogP contribution in [0, 0.1) is 0 Å². The molecule has 0 unspecified atom stereocenters. The second kappa shape index (κ2) is 2.81. The molecule has 0 heterocycles. The van der Waals surface area contributed by atoms with Crippen molar-refractivity contribution < 1.29 is 5.11 Å². The molecule has 4 heteroatoms. The molecule has 0 saturated heterocycles. The molecule has 0 aliphatic rings. The van der Waals surface area contributed by atoms with E-state index in [1.807, 2.05) is 0 Å². The van der Waals surface area contributed by atoms with E-state index in [1.165, 1.54) is 12.1 Å². The minimum absolute atomic E-state index is 0.183. The molecular formula is C6H8N2OS. The summed E-state index contributed by atoms with van der Waals surface area (Å²) < 4.78 is 0. The van der Waals surface area contributed by atoms with Crippen molar-refractivity contribution in [3.05, 3.63) is 18.2 Å². The van der Waals surface area contributed by atoms with E-state index in [-0.39, 0.29) is 5.75 Å². The molecule has 0 atom stereocenters. The van der Waals surface area contributed by atoms with Gasteiger partial charge >= 0.3 is 0 Å². The predicted octanol–water partition coefficient (Wildman–Crippen LogP) is 0.940. The number of phenols is 1. The Bertz CT molecular complexity index is 239. The van der Waals surface area contributed by atoms with Crippen LogP contribution >= 0.6 is 11.9 Å². The summed E-state index contributed by atoms with van der Waals surface area (Å²) in [5.41, 5.74) is 6.08. The van der Waals surface area contributed by atoms with Crippen LogP contribution in [0.1, 0.15) is 0 Å². The molecule has 0 radical (unpaired) electrons. The van der Waals surface area contributed by atoms with Crippen molar-refractivity contribution in [1.29, 1.82) is 0 Å². The standard InChI is InChI=1S/C6H8N2OS/c7-5-2-1-4(9)3-6(5)10-8/h1-3,9H,7-8H2. The van der Waals surface area contributed by atoms with Gasteiger partial charge < -0.3 is 10.8 Å². The second-order valence-electron chi connectivity index (χ2n) is 1.84. The van der Waals surface area contributed by atoms with Crippen molar-refractivity contribution in [3.8, 4) is 5.75 Å². The molecule has 3 nitrogen and oxygen atoms in total. The number of hydrogen-bond acceptors (Lipinski definition) is 4. The van der Waals surface area contributed by atoms with Gasteiger partial charge in [0.05, 0.1) is 0 Å². The zero-order valence-electron chi connectivity index (χ0n) is 5.24. The lowest BCUT2D eigenvalue weighted by molar-refractivity contribution is 0.474. The molecule has 0 aliphatic carbocycles. The zero-order chi connectivity index (χ0) is 7.56. The Kier molecular flexibility index (Phi) is 2.03. The van der Waals surface area contributed by atoms with Gasteiger partial charge in [-0.3, -0.25) is 5.14 Å². The van der Waals surface area contributed by atoms with Crippen LogP contribution < -0.4 is 10.9 Å². The highest BCUT2D eigenvalue weighted by Gasteiger charge is 1.97. The molecule has 1 aromatic carbocycles. The number of phenolic OH excluding ortho intramolecular Hbond substituents is 1. The smallest absolute Gasteiger partial charge is 0.116 e. The molecule has 1 rings (SSSR count). The van der Waals surface area contributed by atoms with Crippen molar-refractivity contribution in [2.45, 2.75) is 4.90 Å². The van der Waals surface area contributed by atoms with E-state index in [0.29, 0.717) is 10.6 Å². The number of hydrogen-bond donors (Lipinski definition) is 3. The van der Waals surface area contributed by atoms with Gasteiger partial charge in [0.2, 0.25) is 0 Å². The van der Waals surface area contributed by atoms with Gasteiger partial charge in [-0.1, -0.05) is 0 Å². The SMILES string of the molecule is NSc1cc(O)ccc1N. The molecule has 10 heavy (non-hydrogen) atoms. The van der Waals surface area contributed by atoms with Crippen LogP contribution in [0.5, 0.6) is 5.75 Å². The topological polar surface area (TPSA) is 72.3 Å². The Morgan fingerprint density at radius 2 is 2.10 bits per heavy atom. The van der Waals surface area contributed by atoms with E-state index < -0.39 is 0 Å². The first-order valence-electron chi connectivity index (χ1n) is 2.69. The summed E-state index contributed by atoms with van der Waals surface area (Å²) in [6.07, 6.45) is 0. The van der Waals surface area contributed by atoms with E-state index >= 15 is 0 Å². The summed E-state index contributed by atoms with van der Waals surface area (Å²) in [6.45, 7) is 0. The Morgan fingerprint density at radius 3 is 2.60 bits per heavy atom. The fourth-order valence-electron chi connectivity index (χ4n) is 0.625. The van der Waals surface area contributed by atoms with Gasteiger partial charge in [-0.15, -0.1) is 0 Å². The van der Waals surface area contributed by atoms with Gasteiger partial charge in [-0.2, -0.15) is 0 Å². The first kappa shape index (κ1) is 7.24. The average Bonchev–Trinajstić information content (AvgIpc) is 1.94. The quantitative estimate of drug-likeness (QED) is 0.321. The highest BCUT2D eigenvalue weighted by atomic mass is 32.2. The van der Waals surface area contributed by atoms with Crippen LogP contribution in [0.25, 0.3) is 0 Å². The van der Waals surface area contributed by atoms with Gasteiger partial charge in [-0.25, -0.2) is 0 Å². The van der Waals surface area contributed by atoms with Gasteiger partial charge in [0.15, 0.2) is 0 Å². The third-order valence-electron chi connectivity index (χ3n) is 1.12. The number of aromatic hydroxyl groups is 1. The van der Waals surface area contributed by atoms with Crippen LogP contribution in [-0.2, 0) is 0 Å². The highest BCUT2D eigenvalue weighted by Crippen LogP contribution is 2.24. The van der Waals surface area contributed by atoms with E-state index in [4.69, 9.17) is 16.0 Å². The summed E-state index contributed by atoms with van der Waals surface area (Å²) in [4.78, 5) is 0.694. The molecule has 0 saturated carbocycles. The number of nitrogen functional groups attached to an aromatic ring is 1. The average molecular weight is 156 g/mol. The maximum absolute atomic E-state index is 8.94. The molecule has 0 bridgehead atoms. The third kappa shape index (κ3) is 1.34. The zero-order valence-corrected chi connectivity index (χ0v) is 6.06. The number of rotatable bonds is 1. The summed E-state index contributed by atoms with van der Waals surface area (Å²) in [5.74, 6) is 0.183. The minimum atomic E-state index is 0.183. The molecule has 0 aliphatic heterocycles. The monoisotopic (exact) mass is 156 g/mol. The molecule has 0 fully saturated rings. The lowest BCUT2D eigenvalue weighted by Crippen LogP contribution is -1.89. The van der Waals surface area contributed by atoms with Crippen LogP contribution in [-0.4, -0.2) is 5.11 Å². The van der Waals surface area contributed by atoms with Crippen LogP contribution in [0.3, 0.4) is 0 Å². The Hall–Kier alpha value is -0.870. The van der Waals surface area contributed by atoms with E-state index in [2.05, 4.69) is 0 Å². The maximum atomic E-state index is 8.94. The van der Waals surface area contributed by atoms with Crippen molar-refractivity contribution in [2.24, 2.45) is 5.14 Å². The maximum Gasteiger partial charge on any atom is 0.116 e. The number of anilines is 1. The Balaban J connectivity index is 3.09. The lowest BCUT2D eigenvalue weighted by atomic mass is 10.3. The van der Waals surface area contributed by atoms with Gasteiger partial charge in [0.1, 0.15) is 5.75 Å². The second-order valence-corrected chi connectivity index (χ2v) is 2.52. The van der Waals surface area contributed by atoms with Crippen LogP contribution in [0.15, 0.2) is 23.1 Å². The van der Waals surface area contributed by atoms with E-state index in [0.717, 1.165) is 11.9 Å². The fourth-order valence-corrected chi connectivity index (χ4v) is 1.02. The fraction of sp³-hybridized carbons (Fsp3) is 0. The minimum Gasteiger partial charge on any atom is -0.508 e. The van der Waals surface area contributed by atoms with E-state index in [9.17, 15) is 0 Å². The molecule has 0 spiro atoms. The van der Waals surface area contributed by atoms with Gasteiger partial charge in [-0.05, 0) is 30.1 Å². The van der Waals surface area contributed by atoms with Crippen molar-refractivity contribution in [3.63, 3.8) is 0 Å². The van der Waals surface area contributed by atoms with Crippen LogP contribution in [0.4, 0.5) is 5.69 Å². The Labute approximate surface area is 63.2 Å². The lowest BCUT2D eigenvalue weighted by Gasteiger charge is -2.00. The summed E-state index contributed by atoms with van der Waals surface area (Å²) in [7, 11) is 0. The van der Waals surface area contributed by atoms with Crippen molar-refractivity contribution in [2.75, 3.05) is 5.73 Å². The van der Waals surface area contributed by atoms with Crippen molar-refractivity contribution in [1.82, 2.24) is 0 Å². The summed E-state index contributed by atoms with van der Waals surface area (Å²) in [5, 5.41) is 14.2. The molecule has 1 aromatic rings. The highest BCUT2D eigenvalue weighted by molar-refractivity contribution is 7.97. The largest absolute Gasteiger partial charge is 0.508 e. The normalized spacial score (nSPS) is 9.70.